The van der Waals surface area contributed by atoms with E-state index in [0.29, 0.717) is 5.54 Å². The van der Waals surface area contributed by atoms with E-state index in [0.717, 1.165) is 12.0 Å². The molecule has 0 aromatic rings. The van der Waals surface area contributed by atoms with Crippen LogP contribution >= 0.6 is 0 Å². The second kappa shape index (κ2) is 3.37. The fourth-order valence-corrected chi connectivity index (χ4v) is 1.65. The first-order valence-electron chi connectivity index (χ1n) is 5.19. The zero-order valence-corrected chi connectivity index (χ0v) is 9.22. The Labute approximate surface area is 77.1 Å². The second-order valence-electron chi connectivity index (χ2n) is 5.00. The molecule has 0 radical (unpaired) electrons. The third-order valence-corrected chi connectivity index (χ3v) is 3.94. The Bertz CT molecular complexity index is 145. The molecule has 1 nitrogen and oxygen atoms in total. The van der Waals surface area contributed by atoms with Gasteiger partial charge in [0.1, 0.15) is 0 Å². The largest absolute Gasteiger partial charge is 0.298 e. The van der Waals surface area contributed by atoms with Crippen LogP contribution in [0.3, 0.4) is 0 Å². The number of hydrogen-bond donors (Lipinski definition) is 0. The summed E-state index contributed by atoms with van der Waals surface area (Å²) in [4.78, 5) is 2.57. The lowest BCUT2D eigenvalue weighted by molar-refractivity contribution is 0.0264. The maximum absolute atomic E-state index is 2.57. The van der Waals surface area contributed by atoms with Crippen molar-refractivity contribution in [2.45, 2.75) is 58.5 Å². The minimum Gasteiger partial charge on any atom is -0.298 e. The fraction of sp³-hybridized carbons (Fsp3) is 1.00. The van der Waals surface area contributed by atoms with Crippen LogP contribution in [0, 0.1) is 5.92 Å². The van der Waals surface area contributed by atoms with Crippen molar-refractivity contribution in [3.8, 4) is 0 Å². The Morgan fingerprint density at radius 1 is 1.25 bits per heavy atom. The molecule has 1 saturated carbocycles. The van der Waals surface area contributed by atoms with Crippen molar-refractivity contribution in [1.82, 2.24) is 4.90 Å². The van der Waals surface area contributed by atoms with E-state index < -0.39 is 0 Å². The van der Waals surface area contributed by atoms with Crippen molar-refractivity contribution in [3.05, 3.63) is 0 Å². The topological polar surface area (TPSA) is 3.24 Å². The monoisotopic (exact) mass is 169 g/mol. The Morgan fingerprint density at radius 3 is 2.00 bits per heavy atom. The molecule has 0 heterocycles. The number of hydrogen-bond acceptors (Lipinski definition) is 1. The van der Waals surface area contributed by atoms with E-state index in [9.17, 15) is 0 Å². The summed E-state index contributed by atoms with van der Waals surface area (Å²) in [5, 5.41) is 0. The van der Waals surface area contributed by atoms with Crippen LogP contribution in [0.4, 0.5) is 0 Å². The standard InChI is InChI=1S/C11H23N/c1-9(2)11(3,4)12(5)10-7-6-8-10/h9-10H,6-8H2,1-5H3. The molecule has 0 aliphatic heterocycles. The molecular weight excluding hydrogens is 146 g/mol. The molecular formula is C11H23N. The average molecular weight is 169 g/mol. The van der Waals surface area contributed by atoms with Crippen LogP contribution in [0.15, 0.2) is 0 Å². The Morgan fingerprint density at radius 2 is 1.75 bits per heavy atom. The third-order valence-electron chi connectivity index (χ3n) is 3.94. The van der Waals surface area contributed by atoms with Gasteiger partial charge in [0, 0.05) is 11.6 Å². The minimum absolute atomic E-state index is 0.366. The van der Waals surface area contributed by atoms with Gasteiger partial charge in [-0.3, -0.25) is 4.90 Å². The highest BCUT2D eigenvalue weighted by molar-refractivity contribution is 4.90. The molecule has 0 aromatic heterocycles. The molecule has 1 aliphatic carbocycles. The van der Waals surface area contributed by atoms with E-state index in [2.05, 4.69) is 39.6 Å². The van der Waals surface area contributed by atoms with Crippen LogP contribution in [0.25, 0.3) is 0 Å². The highest BCUT2D eigenvalue weighted by atomic mass is 15.2. The maximum Gasteiger partial charge on any atom is 0.0176 e. The van der Waals surface area contributed by atoms with Crippen molar-refractivity contribution >= 4 is 0 Å². The molecule has 0 saturated heterocycles. The van der Waals surface area contributed by atoms with Gasteiger partial charge in [0.25, 0.3) is 0 Å². The lowest BCUT2D eigenvalue weighted by Crippen LogP contribution is -2.52. The first-order chi connectivity index (χ1) is 5.46. The van der Waals surface area contributed by atoms with E-state index in [1.165, 1.54) is 19.3 Å². The highest BCUT2D eigenvalue weighted by Crippen LogP contribution is 2.32. The zero-order chi connectivity index (χ0) is 9.35. The molecule has 1 rings (SSSR count). The Kier molecular flexibility index (Phi) is 2.82. The zero-order valence-electron chi connectivity index (χ0n) is 9.22. The molecule has 0 aromatic carbocycles. The minimum atomic E-state index is 0.366. The SMILES string of the molecule is CC(C)C(C)(C)N(C)C1CCC1. The predicted molar refractivity (Wildman–Crippen MR) is 54.3 cm³/mol. The van der Waals surface area contributed by atoms with E-state index in [1.54, 1.807) is 0 Å². The summed E-state index contributed by atoms with van der Waals surface area (Å²) in [5.41, 5.74) is 0.366. The molecule has 1 aliphatic rings. The van der Waals surface area contributed by atoms with Crippen molar-refractivity contribution in [1.29, 1.82) is 0 Å². The summed E-state index contributed by atoms with van der Waals surface area (Å²) < 4.78 is 0. The van der Waals surface area contributed by atoms with Gasteiger partial charge in [-0.1, -0.05) is 20.3 Å². The summed E-state index contributed by atoms with van der Waals surface area (Å²) in [6.45, 7) is 9.34. The van der Waals surface area contributed by atoms with Gasteiger partial charge in [0.2, 0.25) is 0 Å². The average Bonchev–Trinajstić information content (AvgIpc) is 1.83. The van der Waals surface area contributed by atoms with Crippen LogP contribution in [-0.2, 0) is 0 Å². The summed E-state index contributed by atoms with van der Waals surface area (Å²) >= 11 is 0. The van der Waals surface area contributed by atoms with Crippen LogP contribution in [0.1, 0.15) is 47.0 Å². The van der Waals surface area contributed by atoms with Crippen LogP contribution in [-0.4, -0.2) is 23.5 Å². The quantitative estimate of drug-likeness (QED) is 0.628. The smallest absolute Gasteiger partial charge is 0.0176 e. The summed E-state index contributed by atoms with van der Waals surface area (Å²) in [6.07, 6.45) is 4.25. The molecule has 0 spiro atoms. The molecule has 0 N–H and O–H groups in total. The van der Waals surface area contributed by atoms with Gasteiger partial charge in [0.05, 0.1) is 0 Å². The molecule has 1 fully saturated rings. The van der Waals surface area contributed by atoms with Gasteiger partial charge in [-0.05, 0) is 39.7 Å². The molecule has 0 atom stereocenters. The number of nitrogens with zero attached hydrogens (tertiary/aromatic N) is 1. The van der Waals surface area contributed by atoms with Crippen LogP contribution in [0.2, 0.25) is 0 Å². The van der Waals surface area contributed by atoms with Crippen molar-refractivity contribution in [2.24, 2.45) is 5.92 Å². The second-order valence-corrected chi connectivity index (χ2v) is 5.00. The summed E-state index contributed by atoms with van der Waals surface area (Å²) in [7, 11) is 2.28. The van der Waals surface area contributed by atoms with Gasteiger partial charge in [-0.15, -0.1) is 0 Å². The molecule has 0 amide bonds. The molecule has 12 heavy (non-hydrogen) atoms. The first-order valence-corrected chi connectivity index (χ1v) is 5.19. The van der Waals surface area contributed by atoms with Crippen LogP contribution < -0.4 is 0 Å². The van der Waals surface area contributed by atoms with E-state index in [-0.39, 0.29) is 0 Å². The van der Waals surface area contributed by atoms with Gasteiger partial charge in [-0.2, -0.15) is 0 Å². The predicted octanol–water partition coefficient (Wildman–Crippen LogP) is 2.91. The van der Waals surface area contributed by atoms with Crippen molar-refractivity contribution in [2.75, 3.05) is 7.05 Å². The Balaban J connectivity index is 2.53. The summed E-state index contributed by atoms with van der Waals surface area (Å²) in [6, 6.07) is 0.863. The molecule has 72 valence electrons. The molecule has 0 unspecified atom stereocenters. The van der Waals surface area contributed by atoms with E-state index in [1.807, 2.05) is 0 Å². The van der Waals surface area contributed by atoms with E-state index in [4.69, 9.17) is 0 Å². The van der Waals surface area contributed by atoms with Crippen molar-refractivity contribution < 1.29 is 0 Å². The maximum atomic E-state index is 2.57. The number of rotatable bonds is 3. The third kappa shape index (κ3) is 1.66. The van der Waals surface area contributed by atoms with Crippen LogP contribution in [0.5, 0.6) is 0 Å². The summed E-state index contributed by atoms with van der Waals surface area (Å²) in [5.74, 6) is 0.739. The first kappa shape index (κ1) is 10.0. The molecule has 1 heteroatoms. The van der Waals surface area contributed by atoms with Crippen molar-refractivity contribution in [3.63, 3.8) is 0 Å². The van der Waals surface area contributed by atoms with Gasteiger partial charge in [0.15, 0.2) is 0 Å². The van der Waals surface area contributed by atoms with Gasteiger partial charge < -0.3 is 0 Å². The normalized spacial score (nSPS) is 20.2. The van der Waals surface area contributed by atoms with Gasteiger partial charge in [-0.25, -0.2) is 0 Å². The van der Waals surface area contributed by atoms with Gasteiger partial charge >= 0.3 is 0 Å². The highest BCUT2D eigenvalue weighted by Gasteiger charge is 2.34. The van der Waals surface area contributed by atoms with E-state index >= 15 is 0 Å². The lowest BCUT2D eigenvalue weighted by atomic mass is 9.83. The Hall–Kier alpha value is -0.0400. The molecule has 0 bridgehead atoms. The lowest BCUT2D eigenvalue weighted by Gasteiger charge is -2.47. The fourth-order valence-electron chi connectivity index (χ4n) is 1.65.